The number of rotatable bonds is 5. The molecule has 1 rings (SSSR count). The molecule has 0 saturated carbocycles. The first-order valence-electron chi connectivity index (χ1n) is 5.49. The lowest BCUT2D eigenvalue weighted by atomic mass is 10.1. The molecule has 1 amide bonds. The number of nitrogens with one attached hydrogen (secondary N) is 1. The third-order valence-corrected chi connectivity index (χ3v) is 2.44. The predicted octanol–water partition coefficient (Wildman–Crippen LogP) is 1.65. The second-order valence-electron chi connectivity index (χ2n) is 3.99. The third-order valence-electron chi connectivity index (χ3n) is 2.44. The Morgan fingerprint density at radius 1 is 1.18 bits per heavy atom. The van der Waals surface area contributed by atoms with Crippen LogP contribution in [0.3, 0.4) is 0 Å². The highest BCUT2D eigenvalue weighted by atomic mass is 16.7. The van der Waals surface area contributed by atoms with Gasteiger partial charge in [-0.1, -0.05) is 17.2 Å². The molecule has 4 nitrogen and oxygen atoms in total. The Kier molecular flexibility index (Phi) is 5.12. The molecule has 17 heavy (non-hydrogen) atoms. The Balaban J connectivity index is 2.63. The van der Waals surface area contributed by atoms with Crippen molar-refractivity contribution in [2.75, 3.05) is 20.8 Å². The average Bonchev–Trinajstić information content (AvgIpc) is 2.28. The molecule has 0 bridgehead atoms. The molecule has 4 heteroatoms. The van der Waals surface area contributed by atoms with Crippen molar-refractivity contribution in [1.82, 2.24) is 5.32 Å². The number of hydrogen-bond acceptors (Lipinski definition) is 3. The van der Waals surface area contributed by atoms with Crippen LogP contribution in [0.1, 0.15) is 21.5 Å². The fourth-order valence-electron chi connectivity index (χ4n) is 1.65. The molecule has 0 aliphatic carbocycles. The molecule has 0 aromatic heterocycles. The van der Waals surface area contributed by atoms with Gasteiger partial charge in [-0.25, -0.2) is 0 Å². The summed E-state index contributed by atoms with van der Waals surface area (Å²) in [6, 6.07) is 5.75. The van der Waals surface area contributed by atoms with Gasteiger partial charge < -0.3 is 14.8 Å². The van der Waals surface area contributed by atoms with E-state index in [1.54, 1.807) is 0 Å². The Morgan fingerprint density at radius 2 is 1.71 bits per heavy atom. The smallest absolute Gasteiger partial charge is 0.251 e. The fraction of sp³-hybridized carbons (Fsp3) is 0.462. The Labute approximate surface area is 102 Å². The molecular formula is C13H19NO3. The molecule has 0 radical (unpaired) electrons. The Hall–Kier alpha value is -1.39. The summed E-state index contributed by atoms with van der Waals surface area (Å²) in [4.78, 5) is 11.9. The molecule has 0 aliphatic rings. The molecular weight excluding hydrogens is 218 g/mol. The van der Waals surface area contributed by atoms with E-state index in [0.717, 1.165) is 11.1 Å². The normalized spacial score (nSPS) is 10.6. The van der Waals surface area contributed by atoms with Crippen LogP contribution in [0.25, 0.3) is 0 Å². The topological polar surface area (TPSA) is 47.6 Å². The molecule has 0 heterocycles. The standard InChI is InChI=1S/C13H19NO3/c1-9-5-10(2)7-11(6-9)13(15)14-8-12(16-3)17-4/h5-7,12H,8H2,1-4H3,(H,14,15). The summed E-state index contributed by atoms with van der Waals surface area (Å²) in [5.74, 6) is -0.115. The molecule has 0 spiro atoms. The second kappa shape index (κ2) is 6.37. The number of aryl methyl sites for hydroxylation is 2. The van der Waals surface area contributed by atoms with Gasteiger partial charge in [0.15, 0.2) is 6.29 Å². The highest BCUT2D eigenvalue weighted by Gasteiger charge is 2.10. The summed E-state index contributed by atoms with van der Waals surface area (Å²) in [5.41, 5.74) is 2.81. The largest absolute Gasteiger partial charge is 0.354 e. The van der Waals surface area contributed by atoms with Gasteiger partial charge in [0.25, 0.3) is 5.91 Å². The zero-order valence-electron chi connectivity index (χ0n) is 10.7. The minimum Gasteiger partial charge on any atom is -0.354 e. The fourth-order valence-corrected chi connectivity index (χ4v) is 1.65. The first-order chi connectivity index (χ1) is 8.06. The molecule has 0 unspecified atom stereocenters. The van der Waals surface area contributed by atoms with E-state index in [1.807, 2.05) is 32.0 Å². The lowest BCUT2D eigenvalue weighted by Crippen LogP contribution is -2.34. The summed E-state index contributed by atoms with van der Waals surface area (Å²) in [5, 5.41) is 2.77. The highest BCUT2D eigenvalue weighted by molar-refractivity contribution is 5.94. The van der Waals surface area contributed by atoms with Crippen LogP contribution >= 0.6 is 0 Å². The van der Waals surface area contributed by atoms with Gasteiger partial charge in [-0.05, 0) is 26.0 Å². The predicted molar refractivity (Wildman–Crippen MR) is 66.1 cm³/mol. The average molecular weight is 237 g/mol. The summed E-state index contributed by atoms with van der Waals surface area (Å²) in [7, 11) is 3.08. The maximum atomic E-state index is 11.9. The minimum atomic E-state index is -0.412. The highest BCUT2D eigenvalue weighted by Crippen LogP contribution is 2.08. The van der Waals surface area contributed by atoms with Crippen LogP contribution in [-0.2, 0) is 9.47 Å². The first-order valence-corrected chi connectivity index (χ1v) is 5.49. The van der Waals surface area contributed by atoms with Crippen molar-refractivity contribution < 1.29 is 14.3 Å². The van der Waals surface area contributed by atoms with Crippen molar-refractivity contribution in [2.24, 2.45) is 0 Å². The van der Waals surface area contributed by atoms with Crippen molar-refractivity contribution in [1.29, 1.82) is 0 Å². The van der Waals surface area contributed by atoms with Crippen molar-refractivity contribution in [3.8, 4) is 0 Å². The summed E-state index contributed by atoms with van der Waals surface area (Å²) in [6.07, 6.45) is -0.412. The van der Waals surface area contributed by atoms with Crippen LogP contribution in [0.15, 0.2) is 18.2 Å². The lowest BCUT2D eigenvalue weighted by Gasteiger charge is -2.14. The maximum absolute atomic E-state index is 11.9. The van der Waals surface area contributed by atoms with Crippen LogP contribution in [-0.4, -0.2) is 33.0 Å². The van der Waals surface area contributed by atoms with Crippen molar-refractivity contribution in [2.45, 2.75) is 20.1 Å². The first kappa shape index (κ1) is 13.7. The zero-order chi connectivity index (χ0) is 12.8. The molecule has 0 saturated heterocycles. The number of benzene rings is 1. The Morgan fingerprint density at radius 3 is 2.18 bits per heavy atom. The Bertz CT molecular complexity index is 366. The van der Waals surface area contributed by atoms with Gasteiger partial charge in [-0.3, -0.25) is 4.79 Å². The van der Waals surface area contributed by atoms with Crippen LogP contribution < -0.4 is 5.32 Å². The maximum Gasteiger partial charge on any atom is 0.251 e. The molecule has 0 fully saturated rings. The molecule has 0 atom stereocenters. The number of ether oxygens (including phenoxy) is 2. The summed E-state index contributed by atoms with van der Waals surface area (Å²) in [6.45, 7) is 4.27. The minimum absolute atomic E-state index is 0.115. The monoisotopic (exact) mass is 237 g/mol. The van der Waals surface area contributed by atoms with Crippen molar-refractivity contribution >= 4 is 5.91 Å². The van der Waals surface area contributed by atoms with E-state index < -0.39 is 6.29 Å². The molecule has 1 aromatic rings. The number of amides is 1. The van der Waals surface area contributed by atoms with Crippen LogP contribution in [0.2, 0.25) is 0 Å². The van der Waals surface area contributed by atoms with E-state index in [2.05, 4.69) is 5.32 Å². The summed E-state index contributed by atoms with van der Waals surface area (Å²) >= 11 is 0. The summed E-state index contributed by atoms with van der Waals surface area (Å²) < 4.78 is 9.99. The molecule has 1 N–H and O–H groups in total. The van der Waals surface area contributed by atoms with Gasteiger partial charge in [0.1, 0.15) is 0 Å². The van der Waals surface area contributed by atoms with E-state index in [4.69, 9.17) is 9.47 Å². The van der Waals surface area contributed by atoms with Gasteiger partial charge in [0, 0.05) is 19.8 Å². The number of carbonyl (C=O) groups excluding carboxylic acids is 1. The van der Waals surface area contributed by atoms with E-state index in [0.29, 0.717) is 12.1 Å². The van der Waals surface area contributed by atoms with Crippen LogP contribution in [0, 0.1) is 13.8 Å². The number of carbonyl (C=O) groups is 1. The van der Waals surface area contributed by atoms with Crippen molar-refractivity contribution in [3.63, 3.8) is 0 Å². The van der Waals surface area contributed by atoms with Gasteiger partial charge in [-0.15, -0.1) is 0 Å². The number of methoxy groups -OCH3 is 2. The van der Waals surface area contributed by atoms with Gasteiger partial charge in [0.2, 0.25) is 0 Å². The van der Waals surface area contributed by atoms with E-state index in [9.17, 15) is 4.79 Å². The van der Waals surface area contributed by atoms with Crippen LogP contribution in [0.4, 0.5) is 0 Å². The van der Waals surface area contributed by atoms with E-state index in [1.165, 1.54) is 14.2 Å². The molecule has 0 aliphatic heterocycles. The second-order valence-corrected chi connectivity index (χ2v) is 3.99. The molecule has 94 valence electrons. The van der Waals surface area contributed by atoms with Gasteiger partial charge >= 0.3 is 0 Å². The number of hydrogen-bond donors (Lipinski definition) is 1. The zero-order valence-corrected chi connectivity index (χ0v) is 10.7. The lowest BCUT2D eigenvalue weighted by molar-refractivity contribution is -0.0974. The van der Waals surface area contributed by atoms with Gasteiger partial charge in [-0.2, -0.15) is 0 Å². The molecule has 1 aromatic carbocycles. The SMILES string of the molecule is COC(CNC(=O)c1cc(C)cc(C)c1)OC. The van der Waals surface area contributed by atoms with E-state index in [-0.39, 0.29) is 5.91 Å². The third kappa shape index (κ3) is 4.17. The van der Waals surface area contributed by atoms with Gasteiger partial charge in [0.05, 0.1) is 6.54 Å². The van der Waals surface area contributed by atoms with Crippen molar-refractivity contribution in [3.05, 3.63) is 34.9 Å². The quantitative estimate of drug-likeness (QED) is 0.792. The van der Waals surface area contributed by atoms with E-state index >= 15 is 0 Å². The van der Waals surface area contributed by atoms with Crippen LogP contribution in [0.5, 0.6) is 0 Å².